The minimum absolute atomic E-state index is 0.769. The van der Waals surface area contributed by atoms with Crippen molar-refractivity contribution in [1.29, 1.82) is 0 Å². The third-order valence-electron chi connectivity index (χ3n) is 3.72. The molecule has 0 aromatic carbocycles. The second-order valence-corrected chi connectivity index (χ2v) is 5.70. The second kappa shape index (κ2) is 7.57. The van der Waals surface area contributed by atoms with Crippen molar-refractivity contribution < 1.29 is 0 Å². The highest BCUT2D eigenvalue weighted by Crippen LogP contribution is 2.17. The summed E-state index contributed by atoms with van der Waals surface area (Å²) in [5.74, 6) is 1.80. The fourth-order valence-corrected chi connectivity index (χ4v) is 3.03. The van der Waals surface area contributed by atoms with Crippen LogP contribution in [0, 0.1) is 5.92 Å². The van der Waals surface area contributed by atoms with Crippen molar-refractivity contribution in [2.24, 2.45) is 5.92 Å². The van der Waals surface area contributed by atoms with Gasteiger partial charge in [0.05, 0.1) is 0 Å². The van der Waals surface area contributed by atoms with E-state index in [0.717, 1.165) is 17.7 Å². The molecule has 1 heterocycles. The molecule has 0 saturated carbocycles. The van der Waals surface area contributed by atoms with Crippen LogP contribution in [-0.2, 0) is 0 Å². The Labute approximate surface area is 107 Å². The average molecular weight is 244 g/mol. The largest absolute Gasteiger partial charge is 0.305 e. The number of hydrogen-bond donors (Lipinski definition) is 1. The van der Waals surface area contributed by atoms with E-state index in [0.29, 0.717) is 0 Å². The van der Waals surface area contributed by atoms with E-state index in [2.05, 4.69) is 43.4 Å². The first-order chi connectivity index (χ1) is 7.67. The highest BCUT2D eigenvalue weighted by atomic mass is 32.1. The van der Waals surface area contributed by atoms with E-state index in [-0.39, 0.29) is 0 Å². The number of likely N-dealkylation sites (tertiary alicyclic amines) is 1. The zero-order chi connectivity index (χ0) is 12.0. The van der Waals surface area contributed by atoms with E-state index in [1.54, 1.807) is 0 Å². The summed E-state index contributed by atoms with van der Waals surface area (Å²) in [4.78, 5) is 5.01. The SMILES string of the molecule is CCCC(CS)CN(C)CC1CCCN1C. The number of hydrogen-bond acceptors (Lipinski definition) is 3. The van der Waals surface area contributed by atoms with E-state index < -0.39 is 0 Å². The molecule has 1 aliphatic rings. The zero-order valence-corrected chi connectivity index (χ0v) is 12.0. The molecular formula is C13H28N2S. The molecule has 3 heteroatoms. The maximum absolute atomic E-state index is 4.45. The Morgan fingerprint density at radius 1 is 1.50 bits per heavy atom. The first-order valence-electron chi connectivity index (χ1n) is 6.67. The van der Waals surface area contributed by atoms with Crippen LogP contribution in [0.15, 0.2) is 0 Å². The molecule has 1 fully saturated rings. The lowest BCUT2D eigenvalue weighted by molar-refractivity contribution is 0.201. The second-order valence-electron chi connectivity index (χ2n) is 5.34. The lowest BCUT2D eigenvalue weighted by Crippen LogP contribution is -2.38. The van der Waals surface area contributed by atoms with Crippen LogP contribution >= 0.6 is 12.6 Å². The van der Waals surface area contributed by atoms with Gasteiger partial charge in [-0.3, -0.25) is 0 Å². The van der Waals surface area contributed by atoms with Gasteiger partial charge in [-0.15, -0.1) is 0 Å². The monoisotopic (exact) mass is 244 g/mol. The molecule has 1 rings (SSSR count). The van der Waals surface area contributed by atoms with E-state index in [1.807, 2.05) is 0 Å². The molecule has 1 aliphatic heterocycles. The number of likely N-dealkylation sites (N-methyl/N-ethyl adjacent to an activating group) is 2. The lowest BCUT2D eigenvalue weighted by Gasteiger charge is -2.28. The van der Waals surface area contributed by atoms with Crippen molar-refractivity contribution in [2.45, 2.75) is 38.6 Å². The molecule has 96 valence electrons. The van der Waals surface area contributed by atoms with Crippen molar-refractivity contribution >= 4 is 12.6 Å². The highest BCUT2D eigenvalue weighted by Gasteiger charge is 2.22. The Morgan fingerprint density at radius 3 is 2.75 bits per heavy atom. The molecule has 0 aromatic heterocycles. The van der Waals surface area contributed by atoms with Gasteiger partial charge in [0.25, 0.3) is 0 Å². The van der Waals surface area contributed by atoms with Crippen LogP contribution in [0.2, 0.25) is 0 Å². The summed E-state index contributed by atoms with van der Waals surface area (Å²) in [5, 5.41) is 0. The Kier molecular flexibility index (Phi) is 6.78. The van der Waals surface area contributed by atoms with Crippen LogP contribution < -0.4 is 0 Å². The topological polar surface area (TPSA) is 6.48 Å². The van der Waals surface area contributed by atoms with Crippen LogP contribution in [0.25, 0.3) is 0 Å². The van der Waals surface area contributed by atoms with Gasteiger partial charge in [-0.1, -0.05) is 13.3 Å². The summed E-state index contributed by atoms with van der Waals surface area (Å²) in [6.07, 6.45) is 5.34. The average Bonchev–Trinajstić information content (AvgIpc) is 2.64. The summed E-state index contributed by atoms with van der Waals surface area (Å²) >= 11 is 4.45. The van der Waals surface area contributed by atoms with Gasteiger partial charge < -0.3 is 9.80 Å². The molecular weight excluding hydrogens is 216 g/mol. The predicted octanol–water partition coefficient (Wildman–Crippen LogP) is 2.36. The van der Waals surface area contributed by atoms with Gasteiger partial charge in [0.1, 0.15) is 0 Å². The van der Waals surface area contributed by atoms with E-state index in [9.17, 15) is 0 Å². The standard InChI is InChI=1S/C13H28N2S/c1-4-6-12(11-16)9-14(2)10-13-7-5-8-15(13)3/h12-13,16H,4-11H2,1-3H3. The smallest absolute Gasteiger partial charge is 0.0220 e. The van der Waals surface area contributed by atoms with Gasteiger partial charge in [-0.25, -0.2) is 0 Å². The first kappa shape index (κ1) is 14.3. The summed E-state index contributed by atoms with van der Waals surface area (Å²) in [5.41, 5.74) is 0. The van der Waals surface area contributed by atoms with Crippen LogP contribution in [0.1, 0.15) is 32.6 Å². The molecule has 0 bridgehead atoms. The van der Waals surface area contributed by atoms with Crippen LogP contribution in [0.4, 0.5) is 0 Å². The molecule has 0 radical (unpaired) electrons. The van der Waals surface area contributed by atoms with Crippen molar-refractivity contribution in [3.8, 4) is 0 Å². The van der Waals surface area contributed by atoms with Crippen molar-refractivity contribution in [3.05, 3.63) is 0 Å². The summed E-state index contributed by atoms with van der Waals surface area (Å²) < 4.78 is 0. The fraction of sp³-hybridized carbons (Fsp3) is 1.00. The summed E-state index contributed by atoms with van der Waals surface area (Å²) in [7, 11) is 4.52. The maximum atomic E-state index is 4.45. The molecule has 1 saturated heterocycles. The fourth-order valence-electron chi connectivity index (χ4n) is 2.73. The van der Waals surface area contributed by atoms with Crippen LogP contribution in [0.3, 0.4) is 0 Å². The minimum Gasteiger partial charge on any atom is -0.305 e. The molecule has 2 atom stereocenters. The Morgan fingerprint density at radius 2 is 2.25 bits per heavy atom. The number of thiol groups is 1. The van der Waals surface area contributed by atoms with Crippen LogP contribution in [0.5, 0.6) is 0 Å². The number of nitrogens with zero attached hydrogens (tertiary/aromatic N) is 2. The van der Waals surface area contributed by atoms with Crippen LogP contribution in [-0.4, -0.2) is 55.3 Å². The highest BCUT2D eigenvalue weighted by molar-refractivity contribution is 7.80. The molecule has 2 nitrogen and oxygen atoms in total. The normalized spacial score (nSPS) is 24.2. The van der Waals surface area contributed by atoms with Gasteiger partial charge >= 0.3 is 0 Å². The van der Waals surface area contributed by atoms with E-state index >= 15 is 0 Å². The Balaban J connectivity index is 2.25. The molecule has 0 N–H and O–H groups in total. The summed E-state index contributed by atoms with van der Waals surface area (Å²) in [6.45, 7) is 5.98. The Hall–Kier alpha value is 0.270. The number of rotatable bonds is 7. The van der Waals surface area contributed by atoms with Gasteiger partial charge in [-0.05, 0) is 51.6 Å². The van der Waals surface area contributed by atoms with E-state index in [1.165, 1.54) is 45.3 Å². The van der Waals surface area contributed by atoms with E-state index in [4.69, 9.17) is 0 Å². The van der Waals surface area contributed by atoms with Gasteiger partial charge in [0.2, 0.25) is 0 Å². The van der Waals surface area contributed by atoms with Gasteiger partial charge in [0.15, 0.2) is 0 Å². The third-order valence-corrected chi connectivity index (χ3v) is 4.24. The van der Waals surface area contributed by atoms with Gasteiger partial charge in [-0.2, -0.15) is 12.6 Å². The first-order valence-corrected chi connectivity index (χ1v) is 7.30. The molecule has 0 amide bonds. The van der Waals surface area contributed by atoms with Crippen molar-refractivity contribution in [1.82, 2.24) is 9.80 Å². The summed E-state index contributed by atoms with van der Waals surface area (Å²) in [6, 6.07) is 0.784. The zero-order valence-electron chi connectivity index (χ0n) is 11.2. The quantitative estimate of drug-likeness (QED) is 0.687. The molecule has 2 unspecified atom stereocenters. The third kappa shape index (κ3) is 4.64. The lowest BCUT2D eigenvalue weighted by atomic mass is 10.1. The predicted molar refractivity (Wildman–Crippen MR) is 75.4 cm³/mol. The maximum Gasteiger partial charge on any atom is 0.0220 e. The molecule has 16 heavy (non-hydrogen) atoms. The van der Waals surface area contributed by atoms with Crippen molar-refractivity contribution in [3.63, 3.8) is 0 Å². The molecule has 0 aromatic rings. The molecule has 0 spiro atoms. The van der Waals surface area contributed by atoms with Gasteiger partial charge in [0, 0.05) is 19.1 Å². The molecule has 0 aliphatic carbocycles. The Bertz CT molecular complexity index is 187. The van der Waals surface area contributed by atoms with Crippen molar-refractivity contribution in [2.75, 3.05) is 39.5 Å². The minimum atomic E-state index is 0.769.